The van der Waals surface area contributed by atoms with Gasteiger partial charge in [-0.1, -0.05) is 60.7 Å². The number of likely N-dealkylation sites (tertiary alicyclic amines) is 1. The highest BCUT2D eigenvalue weighted by Gasteiger charge is 2.37. The molecule has 2 nitrogen and oxygen atoms in total. The second-order valence-electron chi connectivity index (χ2n) is 6.19. The highest BCUT2D eigenvalue weighted by atomic mass is 16.5. The molecular weight excluding hydrogens is 270 g/mol. The Kier molecular flexibility index (Phi) is 4.91. The molecule has 3 rings (SSSR count). The molecule has 1 aliphatic rings. The number of piperidine rings is 1. The second-order valence-corrected chi connectivity index (χ2v) is 6.19. The van der Waals surface area contributed by atoms with Crippen molar-refractivity contribution < 1.29 is 4.74 Å². The molecule has 0 spiro atoms. The number of rotatable bonds is 4. The van der Waals surface area contributed by atoms with Gasteiger partial charge in [0.25, 0.3) is 0 Å². The number of ether oxygens (including phenoxy) is 1. The first-order valence-electron chi connectivity index (χ1n) is 8.14. The van der Waals surface area contributed by atoms with Crippen LogP contribution in [0.3, 0.4) is 0 Å². The van der Waals surface area contributed by atoms with E-state index in [0.29, 0.717) is 12.0 Å². The molecule has 2 heteroatoms. The Morgan fingerprint density at radius 2 is 1.50 bits per heavy atom. The summed E-state index contributed by atoms with van der Waals surface area (Å²) in [5.74, 6) is 0.345. The summed E-state index contributed by atoms with van der Waals surface area (Å²) in [6.45, 7) is 1.14. The van der Waals surface area contributed by atoms with E-state index in [2.05, 4.69) is 72.6 Å². The number of hydrogen-bond acceptors (Lipinski definition) is 2. The first kappa shape index (κ1) is 15.3. The largest absolute Gasteiger partial charge is 0.380 e. The van der Waals surface area contributed by atoms with E-state index in [9.17, 15) is 0 Å². The van der Waals surface area contributed by atoms with Gasteiger partial charge in [0.15, 0.2) is 0 Å². The molecule has 0 bridgehead atoms. The average Bonchev–Trinajstić information content (AvgIpc) is 2.58. The van der Waals surface area contributed by atoms with Gasteiger partial charge < -0.3 is 4.74 Å². The van der Waals surface area contributed by atoms with Crippen LogP contribution in [0.1, 0.15) is 29.9 Å². The van der Waals surface area contributed by atoms with Gasteiger partial charge in [0, 0.05) is 19.1 Å². The number of benzene rings is 2. The number of methoxy groups -OCH3 is 1. The highest BCUT2D eigenvalue weighted by Crippen LogP contribution is 2.36. The monoisotopic (exact) mass is 295 g/mol. The molecule has 0 aromatic heterocycles. The molecule has 2 atom stereocenters. The highest BCUT2D eigenvalue weighted by molar-refractivity contribution is 5.35. The zero-order valence-electron chi connectivity index (χ0n) is 13.5. The van der Waals surface area contributed by atoms with Gasteiger partial charge in [-0.15, -0.1) is 0 Å². The summed E-state index contributed by atoms with van der Waals surface area (Å²) < 4.78 is 5.86. The molecule has 0 aliphatic carbocycles. The van der Waals surface area contributed by atoms with Crippen molar-refractivity contribution in [3.05, 3.63) is 71.8 Å². The van der Waals surface area contributed by atoms with Crippen molar-refractivity contribution >= 4 is 0 Å². The van der Waals surface area contributed by atoms with Gasteiger partial charge in [0.2, 0.25) is 0 Å². The van der Waals surface area contributed by atoms with E-state index < -0.39 is 0 Å². The van der Waals surface area contributed by atoms with Gasteiger partial charge in [0.05, 0.1) is 6.10 Å². The maximum atomic E-state index is 5.86. The Hall–Kier alpha value is -1.64. The van der Waals surface area contributed by atoms with Crippen LogP contribution in [0.2, 0.25) is 0 Å². The molecule has 0 saturated carbocycles. The van der Waals surface area contributed by atoms with Gasteiger partial charge in [-0.2, -0.15) is 0 Å². The quantitative estimate of drug-likeness (QED) is 0.847. The zero-order chi connectivity index (χ0) is 15.4. The van der Waals surface area contributed by atoms with E-state index >= 15 is 0 Å². The Morgan fingerprint density at radius 1 is 0.955 bits per heavy atom. The Bertz CT molecular complexity index is 529. The lowest BCUT2D eigenvalue weighted by molar-refractivity contribution is -0.0142. The van der Waals surface area contributed by atoms with Crippen molar-refractivity contribution in [2.75, 3.05) is 20.7 Å². The van der Waals surface area contributed by atoms with Gasteiger partial charge in [-0.05, 0) is 37.6 Å². The first-order valence-corrected chi connectivity index (χ1v) is 8.14. The predicted molar refractivity (Wildman–Crippen MR) is 91.2 cm³/mol. The van der Waals surface area contributed by atoms with Crippen LogP contribution in [-0.2, 0) is 4.74 Å². The third kappa shape index (κ3) is 3.08. The Labute approximate surface area is 133 Å². The van der Waals surface area contributed by atoms with Crippen LogP contribution in [0, 0.1) is 0 Å². The molecule has 22 heavy (non-hydrogen) atoms. The molecule has 116 valence electrons. The fourth-order valence-corrected chi connectivity index (χ4v) is 3.78. The third-order valence-corrected chi connectivity index (χ3v) is 4.85. The maximum Gasteiger partial charge on any atom is 0.0736 e. The predicted octanol–water partition coefficient (Wildman–Crippen LogP) is 3.93. The summed E-state index contributed by atoms with van der Waals surface area (Å²) in [7, 11) is 4.08. The lowest BCUT2D eigenvalue weighted by Gasteiger charge is -2.43. The minimum Gasteiger partial charge on any atom is -0.380 e. The SMILES string of the molecule is CO[C@@H]1CCCN(C)[C@H]1C(c1ccccc1)c1ccccc1. The van der Waals surface area contributed by atoms with Crippen LogP contribution in [0.4, 0.5) is 0 Å². The van der Waals surface area contributed by atoms with Crippen molar-refractivity contribution in [2.24, 2.45) is 0 Å². The second kappa shape index (κ2) is 7.08. The lowest BCUT2D eigenvalue weighted by Crippen LogP contribution is -2.50. The van der Waals surface area contributed by atoms with Gasteiger partial charge in [-0.25, -0.2) is 0 Å². The van der Waals surface area contributed by atoms with Gasteiger partial charge in [0.1, 0.15) is 0 Å². The van der Waals surface area contributed by atoms with E-state index in [0.717, 1.165) is 13.0 Å². The summed E-state index contributed by atoms with van der Waals surface area (Å²) in [5, 5.41) is 0. The third-order valence-electron chi connectivity index (χ3n) is 4.85. The molecule has 2 aromatic carbocycles. The zero-order valence-corrected chi connectivity index (χ0v) is 13.5. The van der Waals surface area contributed by atoms with E-state index in [1.54, 1.807) is 0 Å². The van der Waals surface area contributed by atoms with Crippen LogP contribution in [0.25, 0.3) is 0 Å². The molecule has 1 fully saturated rings. The van der Waals surface area contributed by atoms with Gasteiger partial charge >= 0.3 is 0 Å². The van der Waals surface area contributed by atoms with E-state index in [1.165, 1.54) is 17.5 Å². The van der Waals surface area contributed by atoms with E-state index in [4.69, 9.17) is 4.74 Å². The van der Waals surface area contributed by atoms with Crippen LogP contribution in [-0.4, -0.2) is 37.7 Å². The smallest absolute Gasteiger partial charge is 0.0736 e. The summed E-state index contributed by atoms with van der Waals surface area (Å²) in [6, 6.07) is 22.1. The topological polar surface area (TPSA) is 12.5 Å². The first-order chi connectivity index (χ1) is 10.8. The van der Waals surface area contributed by atoms with Crippen molar-refractivity contribution in [3.63, 3.8) is 0 Å². The van der Waals surface area contributed by atoms with E-state index in [1.807, 2.05) is 7.11 Å². The van der Waals surface area contributed by atoms with Crippen molar-refractivity contribution in [3.8, 4) is 0 Å². The van der Waals surface area contributed by atoms with Crippen LogP contribution in [0.5, 0.6) is 0 Å². The fourth-order valence-electron chi connectivity index (χ4n) is 3.78. The minimum absolute atomic E-state index is 0.282. The standard InChI is InChI=1S/C20H25NO/c1-21-15-9-14-18(22-2)20(21)19(16-10-5-3-6-11-16)17-12-7-4-8-13-17/h3-8,10-13,18-20H,9,14-15H2,1-2H3/t18-,20-/m1/s1. The van der Waals surface area contributed by atoms with Gasteiger partial charge in [-0.3, -0.25) is 4.90 Å². The van der Waals surface area contributed by atoms with Crippen molar-refractivity contribution in [1.82, 2.24) is 4.90 Å². The van der Waals surface area contributed by atoms with Crippen molar-refractivity contribution in [1.29, 1.82) is 0 Å². The Morgan fingerprint density at radius 3 is 2.00 bits per heavy atom. The number of likely N-dealkylation sites (N-methyl/N-ethyl adjacent to an activating group) is 1. The number of nitrogens with zero attached hydrogens (tertiary/aromatic N) is 1. The molecule has 0 amide bonds. The van der Waals surface area contributed by atoms with Crippen LogP contribution < -0.4 is 0 Å². The molecule has 0 N–H and O–H groups in total. The van der Waals surface area contributed by atoms with E-state index in [-0.39, 0.29) is 6.10 Å². The molecule has 1 aliphatic heterocycles. The molecule has 0 radical (unpaired) electrons. The normalized spacial score (nSPS) is 22.9. The molecule has 1 saturated heterocycles. The van der Waals surface area contributed by atoms with Crippen molar-refractivity contribution in [2.45, 2.75) is 30.9 Å². The molecular formula is C20H25NO. The summed E-state index contributed by atoms with van der Waals surface area (Å²) in [5.41, 5.74) is 2.74. The molecule has 0 unspecified atom stereocenters. The van der Waals surface area contributed by atoms with Crippen LogP contribution in [0.15, 0.2) is 60.7 Å². The number of hydrogen-bond donors (Lipinski definition) is 0. The molecule has 2 aromatic rings. The summed E-state index contributed by atoms with van der Waals surface area (Å²) >= 11 is 0. The minimum atomic E-state index is 0.282. The lowest BCUT2D eigenvalue weighted by atomic mass is 9.79. The summed E-state index contributed by atoms with van der Waals surface area (Å²) in [6.07, 6.45) is 2.63. The fraction of sp³-hybridized carbons (Fsp3) is 0.400. The molecule has 1 heterocycles. The Balaban J connectivity index is 2.04. The van der Waals surface area contributed by atoms with Crippen LogP contribution >= 0.6 is 0 Å². The average molecular weight is 295 g/mol. The maximum absolute atomic E-state index is 5.86. The summed E-state index contributed by atoms with van der Waals surface area (Å²) in [4.78, 5) is 2.47.